The summed E-state index contributed by atoms with van der Waals surface area (Å²) in [6.07, 6.45) is 45.3. The zero-order chi connectivity index (χ0) is 60.5. The Balaban J connectivity index is 5.24. The Morgan fingerprint density at radius 3 is 0.890 bits per heavy atom. The van der Waals surface area contributed by atoms with Gasteiger partial charge in [0.15, 0.2) is 12.2 Å². The van der Waals surface area contributed by atoms with Crippen molar-refractivity contribution in [3.8, 4) is 0 Å². The molecule has 0 aliphatic carbocycles. The molecule has 0 aromatic carbocycles. The molecule has 0 fully saturated rings. The van der Waals surface area contributed by atoms with Crippen molar-refractivity contribution in [2.24, 2.45) is 0 Å². The third-order valence-electron chi connectivity index (χ3n) is 14.0. The summed E-state index contributed by atoms with van der Waals surface area (Å²) in [6.45, 7) is 4.76. The van der Waals surface area contributed by atoms with E-state index in [4.69, 9.17) is 37.0 Å². The fourth-order valence-electron chi connectivity index (χ4n) is 8.92. The number of phosphoric acid groups is 2. The monoisotopic (exact) mass is 1210 g/mol. The van der Waals surface area contributed by atoms with Crippen LogP contribution in [0, 0.1) is 0 Å². The summed E-state index contributed by atoms with van der Waals surface area (Å²) in [5.74, 6) is -2.17. The first-order valence-corrected chi connectivity index (χ1v) is 35.6. The molecule has 0 radical (unpaired) electrons. The van der Waals surface area contributed by atoms with Crippen LogP contribution in [0.15, 0.2) is 24.3 Å². The van der Waals surface area contributed by atoms with Crippen molar-refractivity contribution in [2.45, 2.75) is 316 Å². The van der Waals surface area contributed by atoms with E-state index >= 15 is 0 Å². The smallest absolute Gasteiger partial charge is 0.462 e. The van der Waals surface area contributed by atoms with Gasteiger partial charge in [0.1, 0.15) is 19.3 Å². The van der Waals surface area contributed by atoms with Crippen molar-refractivity contribution >= 4 is 39.5 Å². The molecule has 0 aromatic heterocycles. The number of aliphatic hydroxyl groups is 1. The van der Waals surface area contributed by atoms with Crippen LogP contribution in [0.25, 0.3) is 0 Å². The molecule has 0 heterocycles. The van der Waals surface area contributed by atoms with Gasteiger partial charge < -0.3 is 33.8 Å². The zero-order valence-electron chi connectivity index (χ0n) is 51.9. The second kappa shape index (κ2) is 57.6. The number of unbranched alkanes of at least 4 members (excludes halogenated alkanes) is 33. The second-order valence-electron chi connectivity index (χ2n) is 22.1. The topological polar surface area (TPSA) is 237 Å². The number of carbonyl (C=O) groups excluding carboxylic acids is 4. The molecule has 3 N–H and O–H groups in total. The first kappa shape index (κ1) is 79.5. The number of ether oxygens (including phenoxy) is 4. The molecule has 0 amide bonds. The van der Waals surface area contributed by atoms with Crippen LogP contribution < -0.4 is 0 Å². The van der Waals surface area contributed by atoms with Crippen LogP contribution in [-0.2, 0) is 65.4 Å². The molecule has 17 nitrogen and oxygen atoms in total. The van der Waals surface area contributed by atoms with E-state index in [1.165, 1.54) is 103 Å². The van der Waals surface area contributed by atoms with Crippen molar-refractivity contribution in [1.82, 2.24) is 0 Å². The quantitative estimate of drug-likeness (QED) is 0.0169. The number of carbonyl (C=O) groups is 4. The third kappa shape index (κ3) is 56.7. The largest absolute Gasteiger partial charge is 0.472 e. The lowest BCUT2D eigenvalue weighted by Crippen LogP contribution is -2.30. The number of hydrogen-bond acceptors (Lipinski definition) is 15. The normalized spacial score (nSPS) is 14.4. The molecule has 0 aromatic rings. The summed E-state index contributed by atoms with van der Waals surface area (Å²) in [5, 5.41) is 10.5. The summed E-state index contributed by atoms with van der Waals surface area (Å²) < 4.78 is 67.8. The van der Waals surface area contributed by atoms with Gasteiger partial charge in [0.2, 0.25) is 0 Å². The standard InChI is InChI=1S/C63H118O17P2/c1-5-9-13-17-21-24-27-28-29-30-31-34-38-42-46-50-63(68)80-59(54-74-61(66)48-44-40-36-32-25-22-18-14-10-6-2)56-78-82(71,72)76-52-57(64)51-75-81(69,70)77-55-58(53-73-60(65)47-43-39-35-20-16-12-8-4)79-62(67)49-45-41-37-33-26-23-19-15-11-7-3/h24,27-29,57-59,64H,5-23,25-26,30-56H2,1-4H3,(H,69,70)(H,71,72)/b27-24-,29-28-/t57-,58+,59+/m0/s1. The lowest BCUT2D eigenvalue weighted by Gasteiger charge is -2.21. The van der Waals surface area contributed by atoms with E-state index in [2.05, 4.69) is 52.0 Å². The summed E-state index contributed by atoms with van der Waals surface area (Å²) in [5.41, 5.74) is 0. The van der Waals surface area contributed by atoms with Crippen molar-refractivity contribution in [1.29, 1.82) is 0 Å². The van der Waals surface area contributed by atoms with Crippen molar-refractivity contribution in [3.63, 3.8) is 0 Å². The van der Waals surface area contributed by atoms with E-state index < -0.39 is 97.5 Å². The molecular weight excluding hydrogens is 1090 g/mol. The average molecular weight is 1210 g/mol. The summed E-state index contributed by atoms with van der Waals surface area (Å²) in [6, 6.07) is 0. The van der Waals surface area contributed by atoms with Crippen molar-refractivity contribution < 1.29 is 80.2 Å². The minimum atomic E-state index is -4.95. The van der Waals surface area contributed by atoms with Gasteiger partial charge in [-0.1, -0.05) is 245 Å². The zero-order valence-corrected chi connectivity index (χ0v) is 53.7. The van der Waals surface area contributed by atoms with Gasteiger partial charge in [0, 0.05) is 25.7 Å². The van der Waals surface area contributed by atoms with Crippen LogP contribution in [0.3, 0.4) is 0 Å². The molecule has 82 heavy (non-hydrogen) atoms. The lowest BCUT2D eigenvalue weighted by atomic mass is 10.1. The van der Waals surface area contributed by atoms with Gasteiger partial charge in [0.05, 0.1) is 26.4 Å². The Morgan fingerprint density at radius 2 is 0.585 bits per heavy atom. The Bertz CT molecular complexity index is 1680. The van der Waals surface area contributed by atoms with Gasteiger partial charge in [-0.15, -0.1) is 0 Å². The SMILES string of the molecule is CCCCCC/C=C\C=C/CCCCCCCC(=O)O[C@H](COC(=O)CCCCCCCCCCCC)COP(=O)(O)OC[C@@H](O)COP(=O)(O)OC[C@@H](COC(=O)CCCCCCCCC)OC(=O)CCCCCCCCCCCC. The van der Waals surface area contributed by atoms with E-state index in [-0.39, 0.29) is 25.7 Å². The first-order chi connectivity index (χ1) is 39.7. The number of hydrogen-bond donors (Lipinski definition) is 3. The highest BCUT2D eigenvalue weighted by atomic mass is 31.2. The molecule has 0 saturated carbocycles. The van der Waals surface area contributed by atoms with E-state index in [1.807, 2.05) is 0 Å². The fraction of sp³-hybridized carbons (Fsp3) is 0.873. The predicted molar refractivity (Wildman–Crippen MR) is 326 cm³/mol. The van der Waals surface area contributed by atoms with E-state index in [0.29, 0.717) is 25.7 Å². The van der Waals surface area contributed by atoms with E-state index in [1.54, 1.807) is 0 Å². The highest BCUT2D eigenvalue weighted by molar-refractivity contribution is 7.47. The Kier molecular flexibility index (Phi) is 55.9. The van der Waals surface area contributed by atoms with Gasteiger partial charge in [-0.3, -0.25) is 37.3 Å². The van der Waals surface area contributed by atoms with Crippen LogP contribution >= 0.6 is 15.6 Å². The number of phosphoric ester groups is 2. The minimum absolute atomic E-state index is 0.0853. The number of allylic oxidation sites excluding steroid dienone is 4. The predicted octanol–water partition coefficient (Wildman–Crippen LogP) is 17.1. The summed E-state index contributed by atoms with van der Waals surface area (Å²) in [7, 11) is -9.89. The number of aliphatic hydroxyl groups excluding tert-OH is 1. The first-order valence-electron chi connectivity index (χ1n) is 32.6. The van der Waals surface area contributed by atoms with Crippen molar-refractivity contribution in [3.05, 3.63) is 24.3 Å². The highest BCUT2D eigenvalue weighted by Crippen LogP contribution is 2.45. The molecule has 0 aliphatic heterocycles. The van der Waals surface area contributed by atoms with Gasteiger partial charge in [0.25, 0.3) is 0 Å². The minimum Gasteiger partial charge on any atom is -0.462 e. The molecule has 0 bridgehead atoms. The summed E-state index contributed by atoms with van der Waals surface area (Å²) in [4.78, 5) is 72.0. The maximum absolute atomic E-state index is 13.0. The second-order valence-corrected chi connectivity index (χ2v) is 25.0. The molecule has 0 aliphatic rings. The van der Waals surface area contributed by atoms with Gasteiger partial charge in [-0.2, -0.15) is 0 Å². The number of rotatable bonds is 62. The van der Waals surface area contributed by atoms with Crippen LogP contribution in [0.4, 0.5) is 0 Å². The third-order valence-corrected chi connectivity index (χ3v) is 15.9. The van der Waals surface area contributed by atoms with Crippen LogP contribution in [-0.4, -0.2) is 96.7 Å². The van der Waals surface area contributed by atoms with E-state index in [0.717, 1.165) is 116 Å². The maximum Gasteiger partial charge on any atom is 0.472 e. The highest BCUT2D eigenvalue weighted by Gasteiger charge is 2.30. The fourth-order valence-corrected chi connectivity index (χ4v) is 10.5. The molecule has 0 saturated heterocycles. The molecule has 482 valence electrons. The van der Waals surface area contributed by atoms with E-state index in [9.17, 15) is 43.2 Å². The van der Waals surface area contributed by atoms with Gasteiger partial charge in [-0.05, 0) is 51.4 Å². The van der Waals surface area contributed by atoms with Crippen molar-refractivity contribution in [2.75, 3.05) is 39.6 Å². The van der Waals surface area contributed by atoms with Crippen LogP contribution in [0.1, 0.15) is 297 Å². The Morgan fingerprint density at radius 1 is 0.341 bits per heavy atom. The molecule has 5 atom stereocenters. The Hall–Kier alpha value is -2.46. The van der Waals surface area contributed by atoms with Crippen LogP contribution in [0.5, 0.6) is 0 Å². The molecule has 19 heteroatoms. The molecular formula is C63H118O17P2. The van der Waals surface area contributed by atoms with Crippen LogP contribution in [0.2, 0.25) is 0 Å². The molecule has 0 rings (SSSR count). The number of esters is 4. The van der Waals surface area contributed by atoms with Gasteiger partial charge >= 0.3 is 39.5 Å². The summed E-state index contributed by atoms with van der Waals surface area (Å²) >= 11 is 0. The average Bonchev–Trinajstić information content (AvgIpc) is 3.45. The maximum atomic E-state index is 13.0. The van der Waals surface area contributed by atoms with Gasteiger partial charge in [-0.25, -0.2) is 9.13 Å². The Labute approximate surface area is 497 Å². The molecule has 2 unspecified atom stereocenters. The lowest BCUT2D eigenvalue weighted by molar-refractivity contribution is -0.161. The molecule has 0 spiro atoms.